The second-order valence-corrected chi connectivity index (χ2v) is 5.55. The summed E-state index contributed by atoms with van der Waals surface area (Å²) < 4.78 is 0. The van der Waals surface area contributed by atoms with Crippen molar-refractivity contribution in [3.8, 4) is 0 Å². The van der Waals surface area contributed by atoms with Crippen LogP contribution in [0, 0.1) is 0 Å². The Hall–Kier alpha value is -1.06. The first-order valence-corrected chi connectivity index (χ1v) is 7.20. The van der Waals surface area contributed by atoms with Gasteiger partial charge in [-0.1, -0.05) is 18.2 Å². The molecule has 0 spiro atoms. The van der Waals surface area contributed by atoms with Gasteiger partial charge in [-0.25, -0.2) is 0 Å². The van der Waals surface area contributed by atoms with Gasteiger partial charge in [0.05, 0.1) is 6.04 Å². The summed E-state index contributed by atoms with van der Waals surface area (Å²) in [6, 6.07) is 8.73. The van der Waals surface area contributed by atoms with Crippen LogP contribution >= 0.6 is 23.2 Å². The van der Waals surface area contributed by atoms with Crippen LogP contribution in [0.2, 0.25) is 0 Å². The summed E-state index contributed by atoms with van der Waals surface area (Å²) in [6.07, 6.45) is 1.04. The predicted octanol–water partition coefficient (Wildman–Crippen LogP) is 2.99. The van der Waals surface area contributed by atoms with Crippen LogP contribution < -0.4 is 4.90 Å². The van der Waals surface area contributed by atoms with Gasteiger partial charge in [0, 0.05) is 29.8 Å². The number of carbonyl (C=O) groups is 2. The topological polar surface area (TPSA) is 37.4 Å². The van der Waals surface area contributed by atoms with Crippen molar-refractivity contribution in [2.24, 2.45) is 0 Å². The van der Waals surface area contributed by atoms with Crippen LogP contribution in [-0.2, 0) is 9.59 Å². The van der Waals surface area contributed by atoms with E-state index in [9.17, 15) is 9.59 Å². The molecule has 1 aliphatic rings. The molecule has 0 aromatic heterocycles. The standard InChI is InChI=1S/C14H15Cl2NO2/c15-7-6-14(19)17(11-4-2-1-3-5-11)12-8-10(16)9-13(12)18/h1-5,10,12H,6-9H2. The quantitative estimate of drug-likeness (QED) is 0.802. The third-order valence-electron chi connectivity index (χ3n) is 3.20. The number of hydrogen-bond acceptors (Lipinski definition) is 2. The summed E-state index contributed by atoms with van der Waals surface area (Å²) >= 11 is 11.7. The van der Waals surface area contributed by atoms with E-state index >= 15 is 0 Å². The zero-order valence-corrected chi connectivity index (χ0v) is 11.9. The Labute approximate surface area is 122 Å². The summed E-state index contributed by atoms with van der Waals surface area (Å²) in [7, 11) is 0. The maximum Gasteiger partial charge on any atom is 0.228 e. The second kappa shape index (κ2) is 6.40. The summed E-state index contributed by atoms with van der Waals surface area (Å²) in [4.78, 5) is 25.8. The van der Waals surface area contributed by atoms with Gasteiger partial charge in [-0.3, -0.25) is 9.59 Å². The highest BCUT2D eigenvalue weighted by Crippen LogP contribution is 2.29. The number of hydrogen-bond donors (Lipinski definition) is 0. The molecule has 2 atom stereocenters. The number of rotatable bonds is 4. The van der Waals surface area contributed by atoms with E-state index in [1.807, 2.05) is 30.3 Å². The van der Waals surface area contributed by atoms with Crippen molar-refractivity contribution in [1.82, 2.24) is 0 Å². The number of benzene rings is 1. The number of amides is 1. The fourth-order valence-corrected chi connectivity index (χ4v) is 2.83. The van der Waals surface area contributed by atoms with E-state index in [1.54, 1.807) is 4.90 Å². The van der Waals surface area contributed by atoms with E-state index in [-0.39, 0.29) is 29.4 Å². The molecule has 5 heteroatoms. The Morgan fingerprint density at radius 3 is 2.53 bits per heavy atom. The fraction of sp³-hybridized carbons (Fsp3) is 0.429. The molecule has 1 saturated carbocycles. The number of alkyl halides is 2. The maximum absolute atomic E-state index is 12.2. The highest BCUT2D eigenvalue weighted by molar-refractivity contribution is 6.24. The zero-order valence-electron chi connectivity index (χ0n) is 10.4. The van der Waals surface area contributed by atoms with Gasteiger partial charge < -0.3 is 4.90 Å². The van der Waals surface area contributed by atoms with Crippen LogP contribution in [0.15, 0.2) is 30.3 Å². The van der Waals surface area contributed by atoms with Crippen LogP contribution in [-0.4, -0.2) is 29.0 Å². The molecule has 3 nitrogen and oxygen atoms in total. The predicted molar refractivity (Wildman–Crippen MR) is 76.9 cm³/mol. The minimum absolute atomic E-state index is 0.0202. The normalized spacial score (nSPS) is 22.5. The van der Waals surface area contributed by atoms with Crippen molar-refractivity contribution < 1.29 is 9.59 Å². The summed E-state index contributed by atoms with van der Waals surface area (Å²) in [5, 5.41) is -0.187. The molecule has 19 heavy (non-hydrogen) atoms. The Kier molecular flexibility index (Phi) is 4.83. The highest BCUT2D eigenvalue weighted by atomic mass is 35.5. The van der Waals surface area contributed by atoms with Gasteiger partial charge in [0.25, 0.3) is 0 Å². The lowest BCUT2D eigenvalue weighted by molar-refractivity contribution is -0.123. The van der Waals surface area contributed by atoms with Crippen molar-refractivity contribution in [1.29, 1.82) is 0 Å². The van der Waals surface area contributed by atoms with Crippen molar-refractivity contribution in [3.05, 3.63) is 30.3 Å². The fourth-order valence-electron chi connectivity index (χ4n) is 2.35. The molecule has 1 aromatic carbocycles. The molecular weight excluding hydrogens is 285 g/mol. The molecule has 0 heterocycles. The summed E-state index contributed by atoms with van der Waals surface area (Å²) in [5.74, 6) is 0.130. The van der Waals surface area contributed by atoms with Crippen molar-refractivity contribution in [2.45, 2.75) is 30.7 Å². The molecular formula is C14H15Cl2NO2. The Morgan fingerprint density at radius 2 is 2.00 bits per heavy atom. The van der Waals surface area contributed by atoms with Crippen molar-refractivity contribution in [3.63, 3.8) is 0 Å². The number of para-hydroxylation sites is 1. The monoisotopic (exact) mass is 299 g/mol. The van der Waals surface area contributed by atoms with E-state index in [2.05, 4.69) is 0 Å². The number of halogens is 2. The van der Waals surface area contributed by atoms with Gasteiger partial charge in [0.1, 0.15) is 0 Å². The van der Waals surface area contributed by atoms with Gasteiger partial charge in [-0.05, 0) is 18.6 Å². The molecule has 0 N–H and O–H groups in total. The second-order valence-electron chi connectivity index (χ2n) is 4.56. The molecule has 0 radical (unpaired) electrons. The first-order valence-electron chi connectivity index (χ1n) is 6.23. The Balaban J connectivity index is 2.30. The number of carbonyl (C=O) groups excluding carboxylic acids is 2. The SMILES string of the molecule is O=C1CC(Cl)CC1N(C(=O)CCCl)c1ccccc1. The lowest BCUT2D eigenvalue weighted by Gasteiger charge is -2.28. The first-order chi connectivity index (χ1) is 9.13. The molecule has 1 aliphatic carbocycles. The van der Waals surface area contributed by atoms with Crippen LogP contribution in [0.1, 0.15) is 19.3 Å². The van der Waals surface area contributed by atoms with Gasteiger partial charge in [0.2, 0.25) is 5.91 Å². The molecule has 2 rings (SSSR count). The molecule has 1 aromatic rings. The van der Waals surface area contributed by atoms with E-state index in [4.69, 9.17) is 23.2 Å². The van der Waals surface area contributed by atoms with Gasteiger partial charge in [-0.2, -0.15) is 0 Å². The lowest BCUT2D eigenvalue weighted by atomic mass is 10.1. The number of anilines is 1. The van der Waals surface area contributed by atoms with Crippen LogP contribution in [0.3, 0.4) is 0 Å². The molecule has 2 unspecified atom stereocenters. The van der Waals surface area contributed by atoms with E-state index in [1.165, 1.54) is 0 Å². The lowest BCUT2D eigenvalue weighted by Crippen LogP contribution is -2.43. The number of nitrogens with zero attached hydrogens (tertiary/aromatic N) is 1. The van der Waals surface area contributed by atoms with E-state index in [0.717, 1.165) is 5.69 Å². The zero-order chi connectivity index (χ0) is 13.8. The largest absolute Gasteiger partial charge is 0.302 e. The van der Waals surface area contributed by atoms with Crippen molar-refractivity contribution >= 4 is 40.6 Å². The Bertz CT molecular complexity index is 464. The van der Waals surface area contributed by atoms with Crippen LogP contribution in [0.5, 0.6) is 0 Å². The molecule has 0 bridgehead atoms. The molecule has 1 amide bonds. The number of Topliss-reactive ketones (excluding diaryl/α,β-unsaturated/α-hetero) is 1. The summed E-state index contributed by atoms with van der Waals surface area (Å²) in [6.45, 7) is 0. The summed E-state index contributed by atoms with van der Waals surface area (Å²) in [5.41, 5.74) is 0.724. The third-order valence-corrected chi connectivity index (χ3v) is 3.72. The third kappa shape index (κ3) is 3.28. The van der Waals surface area contributed by atoms with E-state index < -0.39 is 6.04 Å². The van der Waals surface area contributed by atoms with Crippen molar-refractivity contribution in [2.75, 3.05) is 10.8 Å². The van der Waals surface area contributed by atoms with E-state index in [0.29, 0.717) is 12.8 Å². The van der Waals surface area contributed by atoms with Crippen LogP contribution in [0.25, 0.3) is 0 Å². The van der Waals surface area contributed by atoms with Crippen LogP contribution in [0.4, 0.5) is 5.69 Å². The molecule has 0 aliphatic heterocycles. The van der Waals surface area contributed by atoms with Gasteiger partial charge in [-0.15, -0.1) is 23.2 Å². The number of ketones is 1. The molecule has 1 fully saturated rings. The maximum atomic E-state index is 12.2. The average Bonchev–Trinajstić information content (AvgIpc) is 2.70. The smallest absolute Gasteiger partial charge is 0.228 e. The average molecular weight is 300 g/mol. The minimum Gasteiger partial charge on any atom is -0.302 e. The molecule has 102 valence electrons. The van der Waals surface area contributed by atoms with Gasteiger partial charge in [0.15, 0.2) is 5.78 Å². The Morgan fingerprint density at radius 1 is 1.32 bits per heavy atom. The molecule has 0 saturated heterocycles. The highest BCUT2D eigenvalue weighted by Gasteiger charge is 2.38. The minimum atomic E-state index is -0.458. The van der Waals surface area contributed by atoms with Gasteiger partial charge >= 0.3 is 0 Å². The first kappa shape index (κ1) is 14.4.